The lowest BCUT2D eigenvalue weighted by molar-refractivity contribution is -0.122. The van der Waals surface area contributed by atoms with E-state index in [1.54, 1.807) is 0 Å². The monoisotopic (exact) mass is 243 g/mol. The molecule has 0 spiro atoms. The number of nitrogens with one attached hydrogen (secondary N) is 1. The summed E-state index contributed by atoms with van der Waals surface area (Å²) in [5.41, 5.74) is 1.89. The number of aliphatic hydroxyl groups excluding tert-OH is 1. The Morgan fingerprint density at radius 2 is 2.33 bits per heavy atom. The third kappa shape index (κ3) is 3.35. The molecule has 18 heavy (non-hydrogen) atoms. The smallest absolute Gasteiger partial charge is 0.223 e. The number of hydrogen-bond donors (Lipinski definition) is 2. The van der Waals surface area contributed by atoms with Crippen LogP contribution in [0.2, 0.25) is 0 Å². The van der Waals surface area contributed by atoms with Crippen LogP contribution in [-0.2, 0) is 4.79 Å². The molecule has 1 fully saturated rings. The standard InChI is InChI=1S/C15H17NO2/c1-11(16-15(18)13-7-8-13)14-6-2-4-12(10-14)5-3-9-17/h2,4,6,10-11,13,17H,7-9H2,1H3,(H,16,18). The Morgan fingerprint density at radius 3 is 3.00 bits per heavy atom. The molecule has 1 saturated carbocycles. The predicted octanol–water partition coefficient (Wildman–Crippen LogP) is 1.62. The molecule has 1 aromatic rings. The lowest BCUT2D eigenvalue weighted by Gasteiger charge is -2.14. The number of hydrogen-bond acceptors (Lipinski definition) is 2. The van der Waals surface area contributed by atoms with Crippen molar-refractivity contribution in [3.8, 4) is 11.8 Å². The van der Waals surface area contributed by atoms with E-state index < -0.39 is 0 Å². The van der Waals surface area contributed by atoms with Gasteiger partial charge in [-0.05, 0) is 37.5 Å². The summed E-state index contributed by atoms with van der Waals surface area (Å²) in [5.74, 6) is 5.86. The summed E-state index contributed by atoms with van der Waals surface area (Å²) in [6, 6.07) is 7.72. The minimum atomic E-state index is -0.141. The van der Waals surface area contributed by atoms with Crippen molar-refractivity contribution in [1.82, 2.24) is 5.32 Å². The first kappa shape index (κ1) is 12.7. The van der Waals surface area contributed by atoms with Crippen LogP contribution < -0.4 is 5.32 Å². The maximum atomic E-state index is 11.7. The number of amides is 1. The van der Waals surface area contributed by atoms with Crippen molar-refractivity contribution in [3.05, 3.63) is 35.4 Å². The molecule has 1 amide bonds. The molecule has 3 nitrogen and oxygen atoms in total. The fraction of sp³-hybridized carbons (Fsp3) is 0.400. The van der Waals surface area contributed by atoms with Gasteiger partial charge in [-0.1, -0.05) is 24.0 Å². The molecule has 1 aromatic carbocycles. The second kappa shape index (κ2) is 5.70. The third-order valence-electron chi connectivity index (χ3n) is 3.01. The van der Waals surface area contributed by atoms with Crippen molar-refractivity contribution < 1.29 is 9.90 Å². The average Bonchev–Trinajstić information content (AvgIpc) is 3.21. The van der Waals surface area contributed by atoms with Crippen LogP contribution in [0, 0.1) is 17.8 Å². The first-order valence-corrected chi connectivity index (χ1v) is 6.21. The molecule has 0 heterocycles. The second-order valence-corrected chi connectivity index (χ2v) is 4.59. The van der Waals surface area contributed by atoms with E-state index in [1.165, 1.54) is 0 Å². The van der Waals surface area contributed by atoms with E-state index in [4.69, 9.17) is 5.11 Å². The topological polar surface area (TPSA) is 49.3 Å². The molecule has 94 valence electrons. The Labute approximate surface area is 107 Å². The van der Waals surface area contributed by atoms with Crippen molar-refractivity contribution >= 4 is 5.91 Å². The molecule has 0 bridgehead atoms. The molecular weight excluding hydrogens is 226 g/mol. The second-order valence-electron chi connectivity index (χ2n) is 4.59. The van der Waals surface area contributed by atoms with Crippen molar-refractivity contribution in [2.45, 2.75) is 25.8 Å². The lowest BCUT2D eigenvalue weighted by Crippen LogP contribution is -2.27. The zero-order chi connectivity index (χ0) is 13.0. The Morgan fingerprint density at radius 1 is 1.56 bits per heavy atom. The number of aliphatic hydroxyl groups is 1. The van der Waals surface area contributed by atoms with Crippen LogP contribution in [0.5, 0.6) is 0 Å². The van der Waals surface area contributed by atoms with E-state index in [2.05, 4.69) is 17.2 Å². The van der Waals surface area contributed by atoms with Crippen molar-refractivity contribution in [3.63, 3.8) is 0 Å². The van der Waals surface area contributed by atoms with Gasteiger partial charge in [0.05, 0.1) is 6.04 Å². The fourth-order valence-corrected chi connectivity index (χ4v) is 1.79. The number of carbonyl (C=O) groups is 1. The molecule has 1 aliphatic carbocycles. The van der Waals surface area contributed by atoms with Gasteiger partial charge in [-0.3, -0.25) is 4.79 Å². The third-order valence-corrected chi connectivity index (χ3v) is 3.01. The van der Waals surface area contributed by atoms with Gasteiger partial charge in [0.1, 0.15) is 6.61 Å². The molecule has 1 atom stereocenters. The van der Waals surface area contributed by atoms with E-state index in [1.807, 2.05) is 31.2 Å². The molecule has 0 aliphatic heterocycles. The summed E-state index contributed by atoms with van der Waals surface area (Å²) in [6.07, 6.45) is 2.03. The molecule has 0 radical (unpaired) electrons. The van der Waals surface area contributed by atoms with Crippen molar-refractivity contribution in [2.75, 3.05) is 6.61 Å². The van der Waals surface area contributed by atoms with Gasteiger partial charge >= 0.3 is 0 Å². The van der Waals surface area contributed by atoms with Crippen LogP contribution in [0.25, 0.3) is 0 Å². The minimum absolute atomic E-state index is 0.00558. The minimum Gasteiger partial charge on any atom is -0.384 e. The molecular formula is C15H17NO2. The van der Waals surface area contributed by atoms with Crippen LogP contribution in [0.15, 0.2) is 24.3 Å². The highest BCUT2D eigenvalue weighted by atomic mass is 16.2. The van der Waals surface area contributed by atoms with E-state index in [9.17, 15) is 4.79 Å². The summed E-state index contributed by atoms with van der Waals surface area (Å²) in [4.78, 5) is 11.7. The highest BCUT2D eigenvalue weighted by Crippen LogP contribution is 2.29. The summed E-state index contributed by atoms with van der Waals surface area (Å²) in [6.45, 7) is 1.83. The van der Waals surface area contributed by atoms with Gasteiger partial charge in [-0.15, -0.1) is 0 Å². The Balaban J connectivity index is 2.04. The van der Waals surface area contributed by atoms with Crippen molar-refractivity contribution in [2.24, 2.45) is 5.92 Å². The van der Waals surface area contributed by atoms with Gasteiger partial charge in [0.2, 0.25) is 5.91 Å². The fourth-order valence-electron chi connectivity index (χ4n) is 1.79. The predicted molar refractivity (Wildman–Crippen MR) is 69.7 cm³/mol. The average molecular weight is 243 g/mol. The van der Waals surface area contributed by atoms with E-state index in [-0.39, 0.29) is 24.5 Å². The van der Waals surface area contributed by atoms with Gasteiger partial charge in [0, 0.05) is 11.5 Å². The summed E-state index contributed by atoms with van der Waals surface area (Å²) >= 11 is 0. The maximum absolute atomic E-state index is 11.7. The molecule has 1 aliphatic rings. The molecule has 0 saturated heterocycles. The highest BCUT2D eigenvalue weighted by Gasteiger charge is 2.30. The van der Waals surface area contributed by atoms with Crippen LogP contribution >= 0.6 is 0 Å². The van der Waals surface area contributed by atoms with Gasteiger partial charge in [0.25, 0.3) is 0 Å². The zero-order valence-electron chi connectivity index (χ0n) is 10.4. The molecule has 2 N–H and O–H groups in total. The number of carbonyl (C=O) groups excluding carboxylic acids is 1. The lowest BCUT2D eigenvalue weighted by atomic mass is 10.1. The van der Waals surface area contributed by atoms with Crippen LogP contribution in [-0.4, -0.2) is 17.6 Å². The number of rotatable bonds is 3. The van der Waals surface area contributed by atoms with E-state index >= 15 is 0 Å². The maximum Gasteiger partial charge on any atom is 0.223 e. The van der Waals surface area contributed by atoms with Crippen LogP contribution in [0.1, 0.15) is 36.9 Å². The summed E-state index contributed by atoms with van der Waals surface area (Å²) < 4.78 is 0. The number of benzene rings is 1. The van der Waals surface area contributed by atoms with E-state index in [0.717, 1.165) is 24.0 Å². The largest absolute Gasteiger partial charge is 0.384 e. The first-order chi connectivity index (χ1) is 8.70. The zero-order valence-corrected chi connectivity index (χ0v) is 10.4. The van der Waals surface area contributed by atoms with E-state index in [0.29, 0.717) is 0 Å². The normalized spacial score (nSPS) is 15.4. The summed E-state index contributed by atoms with van der Waals surface area (Å²) in [5, 5.41) is 11.7. The van der Waals surface area contributed by atoms with Crippen molar-refractivity contribution in [1.29, 1.82) is 0 Å². The first-order valence-electron chi connectivity index (χ1n) is 6.21. The molecule has 1 unspecified atom stereocenters. The van der Waals surface area contributed by atoms with Crippen LogP contribution in [0.3, 0.4) is 0 Å². The molecule has 3 heteroatoms. The Kier molecular flexibility index (Phi) is 4.01. The Bertz CT molecular complexity index is 495. The van der Waals surface area contributed by atoms with Gasteiger partial charge < -0.3 is 10.4 Å². The quantitative estimate of drug-likeness (QED) is 0.792. The SMILES string of the molecule is CC(NC(=O)C1CC1)c1cccc(C#CCO)c1. The highest BCUT2D eigenvalue weighted by molar-refractivity contribution is 5.81. The van der Waals surface area contributed by atoms with Crippen LogP contribution in [0.4, 0.5) is 0 Å². The van der Waals surface area contributed by atoms with Gasteiger partial charge in [-0.25, -0.2) is 0 Å². The molecule has 2 rings (SSSR count). The van der Waals surface area contributed by atoms with Gasteiger partial charge in [-0.2, -0.15) is 0 Å². The van der Waals surface area contributed by atoms with Gasteiger partial charge in [0.15, 0.2) is 0 Å². The Hall–Kier alpha value is -1.79. The molecule has 0 aromatic heterocycles. The summed E-state index contributed by atoms with van der Waals surface area (Å²) in [7, 11) is 0.